The molecule has 0 spiro atoms. The highest BCUT2D eigenvalue weighted by Gasteiger charge is 2.03. The van der Waals surface area contributed by atoms with Crippen molar-refractivity contribution in [2.75, 3.05) is 0 Å². The normalized spacial score (nSPS) is 10.0. The van der Waals surface area contributed by atoms with E-state index in [0.29, 0.717) is 5.92 Å². The molecule has 0 bridgehead atoms. The largest absolute Gasteiger partial charge is 0.365 e. The lowest BCUT2D eigenvalue weighted by atomic mass is 10.1. The number of hydrogen-bond donors (Lipinski definition) is 1. The maximum Gasteiger partial charge on any atom is 0.0429 e. The number of aromatic nitrogens is 2. The molecule has 2 aromatic heterocycles. The van der Waals surface area contributed by atoms with Crippen molar-refractivity contribution < 1.29 is 0 Å². The van der Waals surface area contributed by atoms with Gasteiger partial charge in [0.25, 0.3) is 0 Å². The van der Waals surface area contributed by atoms with Gasteiger partial charge in [-0.3, -0.25) is 4.98 Å². The van der Waals surface area contributed by atoms with Gasteiger partial charge in [-0.25, -0.2) is 0 Å². The van der Waals surface area contributed by atoms with Crippen molar-refractivity contribution in [3.63, 3.8) is 0 Å². The second kappa shape index (κ2) is 6.24. The van der Waals surface area contributed by atoms with Crippen LogP contribution in [0, 0.1) is 6.92 Å². The fraction of sp³-hybridized carbons (Fsp3) is 0.400. The smallest absolute Gasteiger partial charge is 0.0429 e. The molecule has 0 aliphatic heterocycles. The van der Waals surface area contributed by atoms with Gasteiger partial charge in [0.1, 0.15) is 0 Å². The van der Waals surface area contributed by atoms with Crippen molar-refractivity contribution in [1.29, 1.82) is 0 Å². The van der Waals surface area contributed by atoms with Crippen molar-refractivity contribution >= 4 is 0 Å². The van der Waals surface area contributed by atoms with Crippen LogP contribution in [0.2, 0.25) is 0 Å². The van der Waals surface area contributed by atoms with Gasteiger partial charge < -0.3 is 4.98 Å². The Bertz CT molecular complexity index is 438. The number of nitrogens with zero attached hydrogens (tertiary/aromatic N) is 1. The average Bonchev–Trinajstić information content (AvgIpc) is 2.79. The molecule has 0 unspecified atom stereocenters. The number of nitrogens with one attached hydrogen (secondary N) is 1. The predicted octanol–water partition coefficient (Wildman–Crippen LogP) is 4.53. The van der Waals surface area contributed by atoms with Crippen LogP contribution in [0.4, 0.5) is 0 Å². The first-order chi connectivity index (χ1) is 8.16. The van der Waals surface area contributed by atoms with Crippen molar-refractivity contribution in [1.82, 2.24) is 9.97 Å². The van der Waals surface area contributed by atoms with Crippen LogP contribution in [0.15, 0.2) is 30.6 Å². The first-order valence-corrected chi connectivity index (χ1v) is 6.28. The van der Waals surface area contributed by atoms with E-state index in [1.165, 1.54) is 16.8 Å². The van der Waals surface area contributed by atoms with Crippen molar-refractivity contribution in [3.05, 3.63) is 42.0 Å². The third-order valence-corrected chi connectivity index (χ3v) is 2.54. The van der Waals surface area contributed by atoms with Gasteiger partial charge >= 0.3 is 0 Å². The highest BCUT2D eigenvalue weighted by Crippen LogP contribution is 2.21. The summed E-state index contributed by atoms with van der Waals surface area (Å²) < 4.78 is 0. The number of aryl methyl sites for hydroxylation is 1. The summed E-state index contributed by atoms with van der Waals surface area (Å²) in [5.74, 6) is 0.493. The van der Waals surface area contributed by atoms with E-state index in [2.05, 4.69) is 48.9 Å². The first kappa shape index (κ1) is 13.5. The van der Waals surface area contributed by atoms with Crippen molar-refractivity contribution in [2.24, 2.45) is 0 Å². The molecule has 0 aliphatic rings. The molecule has 0 aliphatic carbocycles. The summed E-state index contributed by atoms with van der Waals surface area (Å²) in [5, 5.41) is 0. The molecule has 0 saturated heterocycles. The molecule has 1 N–H and O–H groups in total. The zero-order chi connectivity index (χ0) is 12.8. The molecule has 0 aromatic carbocycles. The van der Waals surface area contributed by atoms with E-state index < -0.39 is 0 Å². The highest BCUT2D eigenvalue weighted by molar-refractivity contribution is 5.62. The number of pyridine rings is 1. The maximum atomic E-state index is 4.45. The molecule has 2 aromatic rings. The minimum atomic E-state index is 0.493. The molecule has 0 atom stereocenters. The fourth-order valence-corrected chi connectivity index (χ4v) is 1.59. The summed E-state index contributed by atoms with van der Waals surface area (Å²) in [7, 11) is 0. The quantitative estimate of drug-likeness (QED) is 0.806. The Kier molecular flexibility index (Phi) is 4.95. The minimum Gasteiger partial charge on any atom is -0.365 e. The summed E-state index contributed by atoms with van der Waals surface area (Å²) in [6.45, 7) is 10.4. The van der Waals surface area contributed by atoms with E-state index in [4.69, 9.17) is 0 Å². The number of rotatable bonds is 2. The Hall–Kier alpha value is -1.57. The zero-order valence-corrected chi connectivity index (χ0v) is 11.4. The zero-order valence-electron chi connectivity index (χ0n) is 11.4. The molecule has 0 amide bonds. The van der Waals surface area contributed by atoms with Crippen molar-refractivity contribution in [2.45, 2.75) is 40.5 Å². The monoisotopic (exact) mass is 230 g/mol. The molecule has 0 radical (unpaired) electrons. The third kappa shape index (κ3) is 3.45. The Morgan fingerprint density at radius 2 is 1.82 bits per heavy atom. The Labute approximate surface area is 104 Å². The summed E-state index contributed by atoms with van der Waals surface area (Å²) >= 11 is 0. The van der Waals surface area contributed by atoms with Crippen LogP contribution >= 0.6 is 0 Å². The van der Waals surface area contributed by atoms with E-state index in [0.717, 1.165) is 5.69 Å². The summed E-state index contributed by atoms with van der Waals surface area (Å²) in [5.41, 5.74) is 4.70. The van der Waals surface area contributed by atoms with Gasteiger partial charge in [0.15, 0.2) is 0 Å². The standard InChI is InChI=1S/C13H16N2.C2H6/c1-9(2)13-5-4-11(7-15-13)12-6-10(3)14-8-12;1-2/h4-9,14H,1-3H3;1-2H3. The van der Waals surface area contributed by atoms with Crippen LogP contribution in [-0.2, 0) is 0 Å². The molecule has 0 saturated carbocycles. The van der Waals surface area contributed by atoms with Gasteiger partial charge in [0.2, 0.25) is 0 Å². The lowest BCUT2D eigenvalue weighted by Gasteiger charge is -2.04. The van der Waals surface area contributed by atoms with Crippen LogP contribution < -0.4 is 0 Å². The van der Waals surface area contributed by atoms with Gasteiger partial charge in [-0.2, -0.15) is 0 Å². The molecule has 92 valence electrons. The van der Waals surface area contributed by atoms with Gasteiger partial charge in [0, 0.05) is 34.9 Å². The van der Waals surface area contributed by atoms with E-state index in [9.17, 15) is 0 Å². The van der Waals surface area contributed by atoms with E-state index in [1.54, 1.807) is 0 Å². The summed E-state index contributed by atoms with van der Waals surface area (Å²) in [6.07, 6.45) is 3.96. The highest BCUT2D eigenvalue weighted by atomic mass is 14.7. The van der Waals surface area contributed by atoms with Gasteiger partial charge in [-0.05, 0) is 25.0 Å². The number of hydrogen-bond acceptors (Lipinski definition) is 1. The number of H-pyrrole nitrogens is 1. The van der Waals surface area contributed by atoms with E-state index in [-0.39, 0.29) is 0 Å². The van der Waals surface area contributed by atoms with Gasteiger partial charge in [-0.15, -0.1) is 0 Å². The lowest BCUT2D eigenvalue weighted by Crippen LogP contribution is -1.91. The maximum absolute atomic E-state index is 4.45. The van der Waals surface area contributed by atoms with Crippen LogP contribution in [0.3, 0.4) is 0 Å². The summed E-state index contributed by atoms with van der Waals surface area (Å²) in [4.78, 5) is 7.63. The SMILES string of the molecule is CC.Cc1cc(-c2ccc(C(C)C)nc2)c[nH]1. The van der Waals surface area contributed by atoms with Crippen LogP contribution in [0.25, 0.3) is 11.1 Å². The molecule has 2 nitrogen and oxygen atoms in total. The molecule has 2 heteroatoms. The predicted molar refractivity (Wildman–Crippen MR) is 74.2 cm³/mol. The van der Waals surface area contributed by atoms with Gasteiger partial charge in [0.05, 0.1) is 0 Å². The first-order valence-electron chi connectivity index (χ1n) is 6.28. The van der Waals surface area contributed by atoms with Gasteiger partial charge in [-0.1, -0.05) is 33.8 Å². The molecule has 0 fully saturated rings. The minimum absolute atomic E-state index is 0.493. The van der Waals surface area contributed by atoms with Crippen LogP contribution in [0.5, 0.6) is 0 Å². The number of aromatic amines is 1. The van der Waals surface area contributed by atoms with Crippen molar-refractivity contribution in [3.8, 4) is 11.1 Å². The molecular formula is C15H22N2. The van der Waals surface area contributed by atoms with E-state index >= 15 is 0 Å². The Morgan fingerprint density at radius 1 is 1.12 bits per heavy atom. The second-order valence-corrected chi connectivity index (χ2v) is 4.20. The fourth-order valence-electron chi connectivity index (χ4n) is 1.59. The van der Waals surface area contributed by atoms with Crippen LogP contribution in [0.1, 0.15) is 45.0 Å². The Balaban J connectivity index is 0.000000686. The summed E-state index contributed by atoms with van der Waals surface area (Å²) in [6, 6.07) is 6.36. The second-order valence-electron chi connectivity index (χ2n) is 4.20. The topological polar surface area (TPSA) is 28.7 Å². The molecule has 2 rings (SSSR count). The third-order valence-electron chi connectivity index (χ3n) is 2.54. The van der Waals surface area contributed by atoms with Crippen LogP contribution in [-0.4, -0.2) is 9.97 Å². The average molecular weight is 230 g/mol. The lowest BCUT2D eigenvalue weighted by molar-refractivity contribution is 0.823. The van der Waals surface area contributed by atoms with E-state index in [1.807, 2.05) is 26.2 Å². The Morgan fingerprint density at radius 3 is 2.24 bits per heavy atom. The molecule has 2 heterocycles. The molecular weight excluding hydrogens is 208 g/mol. The molecule has 17 heavy (non-hydrogen) atoms.